The van der Waals surface area contributed by atoms with Crippen LogP contribution in [0.5, 0.6) is 0 Å². The summed E-state index contributed by atoms with van der Waals surface area (Å²) in [6, 6.07) is 8.37. The molecule has 5 rings (SSSR count). The number of nitrogens with one attached hydrogen (secondary N) is 1. The number of imidazole rings is 1. The number of benzene rings is 1. The van der Waals surface area contributed by atoms with Gasteiger partial charge in [-0.2, -0.15) is 8.42 Å². The van der Waals surface area contributed by atoms with Gasteiger partial charge >= 0.3 is 10.3 Å². The van der Waals surface area contributed by atoms with Crippen LogP contribution in [0.25, 0.3) is 11.2 Å². The largest absolute Gasteiger partial charge is 0.361 e. The van der Waals surface area contributed by atoms with Crippen molar-refractivity contribution in [1.29, 1.82) is 0 Å². The summed E-state index contributed by atoms with van der Waals surface area (Å²) in [4.78, 5) is 13.0. The molecule has 2 aromatic heterocycles. The maximum absolute atomic E-state index is 14.7. The van der Waals surface area contributed by atoms with Gasteiger partial charge in [-0.15, -0.1) is 0 Å². The third-order valence-corrected chi connectivity index (χ3v) is 6.09. The first-order valence-corrected chi connectivity index (χ1v) is 11.3. The molecule has 1 saturated heterocycles. The molecule has 1 fully saturated rings. The fourth-order valence-electron chi connectivity index (χ4n) is 4.24. The highest BCUT2D eigenvalue weighted by Crippen LogP contribution is 2.36. The summed E-state index contributed by atoms with van der Waals surface area (Å²) >= 11 is 0. The second-order valence-electron chi connectivity index (χ2n) is 7.66. The Morgan fingerprint density at radius 1 is 1.29 bits per heavy atom. The average molecular weight is 448 g/mol. The Kier molecular flexibility index (Phi) is 5.08. The van der Waals surface area contributed by atoms with Gasteiger partial charge in [-0.1, -0.05) is 24.3 Å². The van der Waals surface area contributed by atoms with Crippen LogP contribution in [0.3, 0.4) is 0 Å². The molecule has 10 nitrogen and oxygen atoms in total. The number of ether oxygens (including phenoxy) is 1. The normalized spacial score (nSPS) is 25.7. The van der Waals surface area contributed by atoms with E-state index in [2.05, 4.69) is 36.6 Å². The van der Waals surface area contributed by atoms with E-state index < -0.39 is 28.8 Å². The zero-order chi connectivity index (χ0) is 21.6. The lowest BCUT2D eigenvalue weighted by atomic mass is 10.1. The number of alkyl halides is 1. The highest BCUT2D eigenvalue weighted by molar-refractivity contribution is 7.84. The number of aromatic nitrogens is 4. The lowest BCUT2D eigenvalue weighted by molar-refractivity contribution is -0.0305. The lowest BCUT2D eigenvalue weighted by Gasteiger charge is -2.17. The molecule has 0 radical (unpaired) electrons. The summed E-state index contributed by atoms with van der Waals surface area (Å²) in [5.74, 6) is 0.563. The van der Waals surface area contributed by atoms with E-state index in [1.54, 1.807) is 0 Å². The quantitative estimate of drug-likeness (QED) is 0.583. The third-order valence-electron chi connectivity index (χ3n) is 5.62. The maximum Gasteiger partial charge on any atom is 0.333 e. The van der Waals surface area contributed by atoms with Crippen molar-refractivity contribution in [2.24, 2.45) is 5.14 Å². The second kappa shape index (κ2) is 7.79. The molecule has 3 N–H and O–H groups in total. The van der Waals surface area contributed by atoms with Crippen LogP contribution >= 0.6 is 0 Å². The van der Waals surface area contributed by atoms with Crippen LogP contribution < -0.4 is 10.5 Å². The van der Waals surface area contributed by atoms with Crippen molar-refractivity contribution < 1.29 is 21.7 Å². The van der Waals surface area contributed by atoms with Gasteiger partial charge in [-0.05, 0) is 24.0 Å². The molecule has 1 aliphatic heterocycles. The topological polar surface area (TPSA) is 134 Å². The fourth-order valence-corrected chi connectivity index (χ4v) is 4.58. The Morgan fingerprint density at radius 3 is 2.97 bits per heavy atom. The number of halogens is 1. The highest BCUT2D eigenvalue weighted by atomic mass is 32.2. The van der Waals surface area contributed by atoms with Gasteiger partial charge in [0, 0.05) is 6.42 Å². The van der Waals surface area contributed by atoms with Crippen molar-refractivity contribution in [3.63, 3.8) is 0 Å². The first kappa shape index (κ1) is 20.2. The summed E-state index contributed by atoms with van der Waals surface area (Å²) in [7, 11) is -4.12. The van der Waals surface area contributed by atoms with Gasteiger partial charge in [0.1, 0.15) is 12.5 Å². The zero-order valence-corrected chi connectivity index (χ0v) is 17.2. The molecule has 0 amide bonds. The maximum atomic E-state index is 14.7. The molecule has 2 aliphatic rings. The van der Waals surface area contributed by atoms with Gasteiger partial charge in [0.15, 0.2) is 23.2 Å². The summed E-state index contributed by atoms with van der Waals surface area (Å²) < 4.78 is 48.3. The number of nitrogens with two attached hydrogens (primary N) is 1. The predicted octanol–water partition coefficient (Wildman–Crippen LogP) is 1.77. The average Bonchev–Trinajstić information content (AvgIpc) is 3.43. The van der Waals surface area contributed by atoms with Crippen molar-refractivity contribution in [3.8, 4) is 0 Å². The van der Waals surface area contributed by atoms with Gasteiger partial charge in [-0.3, -0.25) is 8.75 Å². The van der Waals surface area contributed by atoms with Gasteiger partial charge in [0.2, 0.25) is 0 Å². The number of rotatable bonds is 6. The molecule has 1 aliphatic carbocycles. The number of aryl methyl sites for hydroxylation is 1. The first-order valence-electron chi connectivity index (χ1n) is 9.87. The van der Waals surface area contributed by atoms with Crippen LogP contribution in [0, 0.1) is 0 Å². The summed E-state index contributed by atoms with van der Waals surface area (Å²) in [5.41, 5.74) is 3.47. The second-order valence-corrected chi connectivity index (χ2v) is 8.88. The molecule has 3 heterocycles. The minimum Gasteiger partial charge on any atom is -0.361 e. The van der Waals surface area contributed by atoms with Gasteiger partial charge in [-0.25, -0.2) is 24.5 Å². The van der Waals surface area contributed by atoms with Crippen LogP contribution in [0.2, 0.25) is 0 Å². The molecule has 0 unspecified atom stereocenters. The minimum atomic E-state index is -4.12. The smallest absolute Gasteiger partial charge is 0.333 e. The van der Waals surface area contributed by atoms with E-state index in [-0.39, 0.29) is 19.1 Å². The molecule has 164 valence electrons. The SMILES string of the molecule is NS(=O)(=O)OC[C@H]1C[C@H](F)[C@H](n2cnc3c(N[C@H]4CCc5ccccc54)ncnc32)O1. The van der Waals surface area contributed by atoms with E-state index in [1.165, 1.54) is 28.3 Å². The molecule has 0 saturated carbocycles. The van der Waals surface area contributed by atoms with Crippen LogP contribution in [0.15, 0.2) is 36.9 Å². The monoisotopic (exact) mass is 448 g/mol. The first-order chi connectivity index (χ1) is 14.9. The van der Waals surface area contributed by atoms with Crippen molar-refractivity contribution in [2.75, 3.05) is 11.9 Å². The summed E-state index contributed by atoms with van der Waals surface area (Å²) in [6.45, 7) is -0.356. The van der Waals surface area contributed by atoms with E-state index in [0.29, 0.717) is 17.0 Å². The standard InChI is InChI=1S/C19H21FN6O4S/c20-14-7-12(8-29-31(21,27)28)30-19(14)26-10-24-16-17(22-9-23-18(16)26)25-15-6-5-11-3-1-2-4-13(11)15/h1-4,9-10,12,14-15,19H,5-8H2,(H2,21,27,28)(H,22,23,25)/t12-,14+,15+,19-/m1/s1. The van der Waals surface area contributed by atoms with E-state index in [1.807, 2.05) is 12.1 Å². The molecule has 4 atom stereocenters. The molecular formula is C19H21FN6O4S. The summed E-state index contributed by atoms with van der Waals surface area (Å²) in [5, 5.41) is 8.27. The van der Waals surface area contributed by atoms with E-state index in [9.17, 15) is 12.8 Å². The van der Waals surface area contributed by atoms with Crippen molar-refractivity contribution >= 4 is 27.3 Å². The Bertz CT molecular complexity index is 1220. The lowest BCUT2D eigenvalue weighted by Crippen LogP contribution is -2.23. The van der Waals surface area contributed by atoms with Gasteiger partial charge < -0.3 is 10.1 Å². The molecule has 3 aromatic rings. The van der Waals surface area contributed by atoms with E-state index in [4.69, 9.17) is 9.88 Å². The van der Waals surface area contributed by atoms with Crippen molar-refractivity contribution in [2.45, 2.75) is 43.8 Å². The van der Waals surface area contributed by atoms with E-state index >= 15 is 0 Å². The molecule has 0 bridgehead atoms. The molecule has 1 aromatic carbocycles. The van der Waals surface area contributed by atoms with Crippen molar-refractivity contribution in [1.82, 2.24) is 19.5 Å². The molecule has 12 heteroatoms. The number of hydrogen-bond donors (Lipinski definition) is 2. The van der Waals surface area contributed by atoms with Gasteiger partial charge in [0.25, 0.3) is 0 Å². The van der Waals surface area contributed by atoms with Gasteiger partial charge in [0.05, 0.1) is 25.1 Å². The summed E-state index contributed by atoms with van der Waals surface area (Å²) in [6.07, 6.45) is 1.59. The number of hydrogen-bond acceptors (Lipinski definition) is 8. The van der Waals surface area contributed by atoms with Crippen molar-refractivity contribution in [3.05, 3.63) is 48.0 Å². The Labute approximate surface area is 177 Å². The van der Waals surface area contributed by atoms with E-state index in [0.717, 1.165) is 12.8 Å². The Morgan fingerprint density at radius 2 is 2.13 bits per heavy atom. The fraction of sp³-hybridized carbons (Fsp3) is 0.421. The van der Waals surface area contributed by atoms with Crippen LogP contribution in [0.1, 0.15) is 36.2 Å². The number of nitrogens with zero attached hydrogens (tertiary/aromatic N) is 4. The molecule has 0 spiro atoms. The highest BCUT2D eigenvalue weighted by Gasteiger charge is 2.38. The molecule has 31 heavy (non-hydrogen) atoms. The third kappa shape index (κ3) is 3.99. The van der Waals surface area contributed by atoms with Crippen LogP contribution in [-0.2, 0) is 25.6 Å². The number of fused-ring (bicyclic) bond motifs is 2. The Hall–Kier alpha value is -2.67. The number of anilines is 1. The Balaban J connectivity index is 1.38. The zero-order valence-electron chi connectivity index (χ0n) is 16.4. The predicted molar refractivity (Wildman–Crippen MR) is 109 cm³/mol. The van der Waals surface area contributed by atoms with Crippen LogP contribution in [0.4, 0.5) is 10.2 Å². The molecular weight excluding hydrogens is 427 g/mol. The van der Waals surface area contributed by atoms with Crippen LogP contribution in [-0.4, -0.2) is 46.8 Å². The minimum absolute atomic E-state index is 0.0328.